The fourth-order valence-corrected chi connectivity index (χ4v) is 2.77. The predicted octanol–water partition coefficient (Wildman–Crippen LogP) is 1.19. The van der Waals surface area contributed by atoms with Crippen molar-refractivity contribution in [2.24, 2.45) is 0 Å². The molecule has 1 saturated heterocycles. The van der Waals surface area contributed by atoms with Crippen LogP contribution in [0, 0.1) is 0 Å². The van der Waals surface area contributed by atoms with Crippen LogP contribution in [0.4, 0.5) is 0 Å². The third-order valence-electron chi connectivity index (χ3n) is 3.68. The van der Waals surface area contributed by atoms with Gasteiger partial charge < -0.3 is 5.11 Å². The molecule has 0 aromatic carbocycles. The van der Waals surface area contributed by atoms with Gasteiger partial charge in [-0.15, -0.1) is 0 Å². The van der Waals surface area contributed by atoms with Gasteiger partial charge in [-0.1, -0.05) is 12.2 Å². The Morgan fingerprint density at radius 3 is 2.82 bits per heavy atom. The van der Waals surface area contributed by atoms with Crippen LogP contribution in [0.1, 0.15) is 25.7 Å². The minimum atomic E-state index is -0.712. The van der Waals surface area contributed by atoms with E-state index in [9.17, 15) is 4.79 Å². The molecule has 0 radical (unpaired) electrons. The van der Waals surface area contributed by atoms with Gasteiger partial charge >= 0.3 is 5.97 Å². The van der Waals surface area contributed by atoms with E-state index in [0.29, 0.717) is 6.04 Å². The van der Waals surface area contributed by atoms with Crippen molar-refractivity contribution in [3.63, 3.8) is 0 Å². The molecule has 1 aliphatic carbocycles. The monoisotopic (exact) mass is 238 g/mol. The third kappa shape index (κ3) is 3.82. The summed E-state index contributed by atoms with van der Waals surface area (Å²) in [6.45, 7) is 4.09. The van der Waals surface area contributed by atoms with Crippen LogP contribution in [0.5, 0.6) is 0 Å². The van der Waals surface area contributed by atoms with Crippen molar-refractivity contribution < 1.29 is 9.90 Å². The van der Waals surface area contributed by atoms with Gasteiger partial charge in [-0.25, -0.2) is 0 Å². The molecule has 1 unspecified atom stereocenters. The van der Waals surface area contributed by atoms with Crippen molar-refractivity contribution in [1.82, 2.24) is 9.80 Å². The standard InChI is InChI=1S/C13H22N2O2/c16-13(17)11-14-7-4-8-15(10-9-14)12-5-2-1-3-6-12/h2,5,12H,1,3-4,6-11H2,(H,16,17). The Morgan fingerprint density at radius 1 is 1.24 bits per heavy atom. The zero-order chi connectivity index (χ0) is 12.1. The number of carbonyl (C=O) groups is 1. The Morgan fingerprint density at radius 2 is 2.12 bits per heavy atom. The zero-order valence-electron chi connectivity index (χ0n) is 10.3. The molecule has 1 aliphatic heterocycles. The number of carboxylic acid groups (broad SMARTS) is 1. The molecule has 1 fully saturated rings. The topological polar surface area (TPSA) is 43.8 Å². The summed E-state index contributed by atoms with van der Waals surface area (Å²) in [6, 6.07) is 0.591. The Bertz CT molecular complexity index is 291. The molecule has 0 aromatic rings. The highest BCUT2D eigenvalue weighted by atomic mass is 16.4. The number of rotatable bonds is 3. The molecule has 0 amide bonds. The Balaban J connectivity index is 1.84. The molecule has 1 N–H and O–H groups in total. The van der Waals surface area contributed by atoms with Crippen LogP contribution >= 0.6 is 0 Å². The van der Waals surface area contributed by atoms with E-state index in [1.807, 2.05) is 0 Å². The normalized spacial score (nSPS) is 27.9. The molecular formula is C13H22N2O2. The summed E-state index contributed by atoms with van der Waals surface area (Å²) in [6.07, 6.45) is 9.46. The average molecular weight is 238 g/mol. The van der Waals surface area contributed by atoms with Gasteiger partial charge in [0.15, 0.2) is 0 Å². The van der Waals surface area contributed by atoms with Gasteiger partial charge in [0.2, 0.25) is 0 Å². The molecular weight excluding hydrogens is 216 g/mol. The summed E-state index contributed by atoms with van der Waals surface area (Å²) < 4.78 is 0. The third-order valence-corrected chi connectivity index (χ3v) is 3.68. The fourth-order valence-electron chi connectivity index (χ4n) is 2.77. The van der Waals surface area contributed by atoms with Crippen molar-refractivity contribution >= 4 is 5.97 Å². The molecule has 1 heterocycles. The van der Waals surface area contributed by atoms with Gasteiger partial charge in [0.05, 0.1) is 6.54 Å². The molecule has 0 bridgehead atoms. The Kier molecular flexibility index (Phi) is 4.57. The Labute approximate surface area is 103 Å². The van der Waals surface area contributed by atoms with E-state index in [4.69, 9.17) is 5.11 Å². The molecule has 2 aliphatic rings. The number of nitrogens with zero attached hydrogens (tertiary/aromatic N) is 2. The van der Waals surface area contributed by atoms with Crippen molar-refractivity contribution in [2.45, 2.75) is 31.7 Å². The van der Waals surface area contributed by atoms with Crippen LogP contribution in [0.2, 0.25) is 0 Å². The first-order valence-corrected chi connectivity index (χ1v) is 6.60. The zero-order valence-corrected chi connectivity index (χ0v) is 10.3. The van der Waals surface area contributed by atoms with Crippen molar-refractivity contribution in [2.75, 3.05) is 32.7 Å². The quantitative estimate of drug-likeness (QED) is 0.750. The van der Waals surface area contributed by atoms with Crippen LogP contribution in [-0.2, 0) is 4.79 Å². The lowest BCUT2D eigenvalue weighted by Crippen LogP contribution is -2.38. The second-order valence-corrected chi connectivity index (χ2v) is 4.99. The first kappa shape index (κ1) is 12.6. The smallest absolute Gasteiger partial charge is 0.317 e. The summed E-state index contributed by atoms with van der Waals surface area (Å²) in [5, 5.41) is 8.81. The lowest BCUT2D eigenvalue weighted by atomic mass is 10.0. The van der Waals surface area contributed by atoms with E-state index in [0.717, 1.165) is 32.6 Å². The van der Waals surface area contributed by atoms with Gasteiger partial charge in [-0.05, 0) is 32.2 Å². The molecule has 0 saturated carbocycles. The van der Waals surface area contributed by atoms with Gasteiger partial charge in [-0.3, -0.25) is 14.6 Å². The number of carboxylic acids is 1. The van der Waals surface area contributed by atoms with Gasteiger partial charge in [0.1, 0.15) is 0 Å². The summed E-state index contributed by atoms with van der Waals surface area (Å²) in [5.74, 6) is -0.712. The molecule has 0 spiro atoms. The summed E-state index contributed by atoms with van der Waals surface area (Å²) >= 11 is 0. The summed E-state index contributed by atoms with van der Waals surface area (Å²) in [7, 11) is 0. The predicted molar refractivity (Wildman–Crippen MR) is 67.0 cm³/mol. The SMILES string of the molecule is O=C(O)CN1CCCN(C2C=CCCC2)CC1. The van der Waals surface area contributed by atoms with Crippen LogP contribution in [0.25, 0.3) is 0 Å². The second-order valence-electron chi connectivity index (χ2n) is 4.99. The van der Waals surface area contributed by atoms with E-state index < -0.39 is 5.97 Å². The van der Waals surface area contributed by atoms with Gasteiger partial charge in [-0.2, -0.15) is 0 Å². The molecule has 0 aromatic heterocycles. The van der Waals surface area contributed by atoms with Crippen LogP contribution in [0.3, 0.4) is 0 Å². The minimum Gasteiger partial charge on any atom is -0.480 e. The van der Waals surface area contributed by atoms with Crippen molar-refractivity contribution in [1.29, 1.82) is 0 Å². The fraction of sp³-hybridized carbons (Fsp3) is 0.769. The second kappa shape index (κ2) is 6.17. The van der Waals surface area contributed by atoms with E-state index in [1.165, 1.54) is 19.3 Å². The minimum absolute atomic E-state index is 0.189. The van der Waals surface area contributed by atoms with E-state index in [2.05, 4.69) is 22.0 Å². The van der Waals surface area contributed by atoms with E-state index in [-0.39, 0.29) is 6.54 Å². The number of hydrogen-bond donors (Lipinski definition) is 1. The largest absolute Gasteiger partial charge is 0.480 e. The lowest BCUT2D eigenvalue weighted by Gasteiger charge is -2.30. The number of hydrogen-bond acceptors (Lipinski definition) is 3. The highest BCUT2D eigenvalue weighted by Gasteiger charge is 2.21. The molecule has 1 atom stereocenters. The van der Waals surface area contributed by atoms with Crippen LogP contribution in [0.15, 0.2) is 12.2 Å². The first-order chi connectivity index (χ1) is 8.25. The van der Waals surface area contributed by atoms with Gasteiger partial charge in [0.25, 0.3) is 0 Å². The molecule has 4 nitrogen and oxygen atoms in total. The van der Waals surface area contributed by atoms with Crippen LogP contribution in [-0.4, -0.2) is 59.6 Å². The van der Waals surface area contributed by atoms with Crippen LogP contribution < -0.4 is 0 Å². The lowest BCUT2D eigenvalue weighted by molar-refractivity contribution is -0.138. The van der Waals surface area contributed by atoms with Crippen molar-refractivity contribution in [3.05, 3.63) is 12.2 Å². The molecule has 17 heavy (non-hydrogen) atoms. The maximum atomic E-state index is 10.7. The average Bonchev–Trinajstić information content (AvgIpc) is 2.55. The maximum absolute atomic E-state index is 10.7. The molecule has 96 valence electrons. The highest BCUT2D eigenvalue weighted by molar-refractivity contribution is 5.69. The highest BCUT2D eigenvalue weighted by Crippen LogP contribution is 2.18. The van der Waals surface area contributed by atoms with E-state index >= 15 is 0 Å². The number of aliphatic carboxylic acids is 1. The van der Waals surface area contributed by atoms with Gasteiger partial charge in [0, 0.05) is 25.7 Å². The molecule has 2 rings (SSSR count). The van der Waals surface area contributed by atoms with Crippen molar-refractivity contribution in [3.8, 4) is 0 Å². The van der Waals surface area contributed by atoms with E-state index in [1.54, 1.807) is 0 Å². The summed E-state index contributed by atoms with van der Waals surface area (Å²) in [5.41, 5.74) is 0. The number of allylic oxidation sites excluding steroid dienone is 1. The molecule has 4 heteroatoms. The first-order valence-electron chi connectivity index (χ1n) is 6.60. The maximum Gasteiger partial charge on any atom is 0.317 e. The summed E-state index contributed by atoms with van der Waals surface area (Å²) in [4.78, 5) is 15.3. The Hall–Kier alpha value is -0.870.